The van der Waals surface area contributed by atoms with Crippen molar-refractivity contribution in [2.24, 2.45) is 0 Å². The Morgan fingerprint density at radius 2 is 1.15 bits per heavy atom. The van der Waals surface area contributed by atoms with Gasteiger partial charge in [0.2, 0.25) is 0 Å². The van der Waals surface area contributed by atoms with E-state index in [0.717, 1.165) is 0 Å². The Labute approximate surface area is 115 Å². The van der Waals surface area contributed by atoms with Crippen molar-refractivity contribution in [3.8, 4) is 0 Å². The Balaban J connectivity index is 2.13. The molecule has 0 aromatic heterocycles. The zero-order chi connectivity index (χ0) is 14.0. The molecule has 4 rings (SSSR count). The Morgan fingerprint density at radius 3 is 1.60 bits per heavy atom. The van der Waals surface area contributed by atoms with Gasteiger partial charge in [0, 0.05) is 0 Å². The molecule has 0 radical (unpaired) electrons. The molecule has 1 spiro atoms. The second-order valence-corrected chi connectivity index (χ2v) is 9.21. The van der Waals surface area contributed by atoms with E-state index in [0.29, 0.717) is 21.7 Å². The summed E-state index contributed by atoms with van der Waals surface area (Å²) in [7, 11) is -3.63. The fourth-order valence-corrected chi connectivity index (χ4v) is 7.03. The Hall–Kier alpha value is -2.19. The fraction of sp³-hybridized carbons (Fsp3) is 0.0667. The predicted octanol–water partition coefficient (Wildman–Crippen LogP) is 1.99. The van der Waals surface area contributed by atoms with Gasteiger partial charge in [0.1, 0.15) is 0 Å². The summed E-state index contributed by atoms with van der Waals surface area (Å²) in [6.45, 7) is 1.76. The summed E-state index contributed by atoms with van der Waals surface area (Å²) in [6, 6.07) is 14.2. The van der Waals surface area contributed by atoms with Crippen LogP contribution in [0.4, 0.5) is 0 Å². The molecule has 0 atom stereocenters. The van der Waals surface area contributed by atoms with Crippen LogP contribution in [0.3, 0.4) is 0 Å². The van der Waals surface area contributed by atoms with E-state index in [1.54, 1.807) is 30.9 Å². The topological polar surface area (TPSA) is 52.6 Å². The van der Waals surface area contributed by atoms with Crippen LogP contribution in [0.15, 0.2) is 48.5 Å². The van der Waals surface area contributed by atoms with Gasteiger partial charge in [0.05, 0.1) is 0 Å². The Bertz CT molecular complexity index is 730. The summed E-state index contributed by atoms with van der Waals surface area (Å²) in [6.07, 6.45) is 0. The fourth-order valence-electron chi connectivity index (χ4n) is 3.04. The molecule has 0 aliphatic carbocycles. The minimum absolute atomic E-state index is 0.426. The quantitative estimate of drug-likeness (QED) is 0.695. The SMILES string of the molecule is CP12(OC(=O)c3ccccc31)OC(=O)c1ccccc12. The minimum atomic E-state index is -3.63. The van der Waals surface area contributed by atoms with Crippen LogP contribution in [0.5, 0.6) is 0 Å². The summed E-state index contributed by atoms with van der Waals surface area (Å²) in [5.74, 6) is -0.851. The van der Waals surface area contributed by atoms with Crippen molar-refractivity contribution in [1.29, 1.82) is 0 Å². The number of fused-ring (bicyclic) bond motifs is 4. The van der Waals surface area contributed by atoms with E-state index < -0.39 is 19.0 Å². The molecule has 100 valence electrons. The number of carbonyl (C=O) groups is 2. The summed E-state index contributed by atoms with van der Waals surface area (Å²) in [5.41, 5.74) is 0.967. The first-order valence-corrected chi connectivity index (χ1v) is 8.75. The summed E-state index contributed by atoms with van der Waals surface area (Å²) in [4.78, 5) is 24.3. The maximum absolute atomic E-state index is 12.2. The molecule has 0 unspecified atom stereocenters. The molecule has 0 fully saturated rings. The molecule has 0 saturated carbocycles. The molecule has 2 aromatic carbocycles. The second-order valence-electron chi connectivity index (χ2n) is 5.16. The van der Waals surface area contributed by atoms with Gasteiger partial charge < -0.3 is 0 Å². The van der Waals surface area contributed by atoms with Crippen LogP contribution in [0.25, 0.3) is 0 Å². The normalized spacial score (nSPS) is 22.4. The van der Waals surface area contributed by atoms with E-state index in [9.17, 15) is 9.59 Å². The van der Waals surface area contributed by atoms with Gasteiger partial charge in [-0.2, -0.15) is 0 Å². The summed E-state index contributed by atoms with van der Waals surface area (Å²) in [5, 5.41) is 1.39. The molecule has 20 heavy (non-hydrogen) atoms. The molecule has 2 aromatic rings. The van der Waals surface area contributed by atoms with Crippen molar-refractivity contribution in [2.45, 2.75) is 0 Å². The van der Waals surface area contributed by atoms with Gasteiger partial charge in [0.15, 0.2) is 0 Å². The molecule has 2 aliphatic rings. The first-order valence-electron chi connectivity index (χ1n) is 6.23. The third kappa shape index (κ3) is 1.11. The number of hydrogen-bond acceptors (Lipinski definition) is 4. The van der Waals surface area contributed by atoms with Crippen LogP contribution in [0.1, 0.15) is 20.7 Å². The first kappa shape index (κ1) is 11.6. The molecule has 4 nitrogen and oxygen atoms in total. The summed E-state index contributed by atoms with van der Waals surface area (Å²) >= 11 is 0. The number of hydrogen-bond donors (Lipinski definition) is 0. The van der Waals surface area contributed by atoms with Crippen molar-refractivity contribution >= 4 is 29.6 Å². The predicted molar refractivity (Wildman–Crippen MR) is 75.8 cm³/mol. The van der Waals surface area contributed by atoms with Gasteiger partial charge in [0.25, 0.3) is 0 Å². The number of rotatable bonds is 0. The van der Waals surface area contributed by atoms with Crippen LogP contribution in [0.2, 0.25) is 0 Å². The Morgan fingerprint density at radius 1 is 0.750 bits per heavy atom. The number of benzene rings is 2. The van der Waals surface area contributed by atoms with Crippen LogP contribution >= 0.6 is 7.06 Å². The van der Waals surface area contributed by atoms with Gasteiger partial charge in [-0.3, -0.25) is 0 Å². The van der Waals surface area contributed by atoms with Gasteiger partial charge in [-0.25, -0.2) is 0 Å². The molecule has 0 amide bonds. The van der Waals surface area contributed by atoms with Crippen molar-refractivity contribution in [3.63, 3.8) is 0 Å². The molecule has 0 N–H and O–H groups in total. The Kier molecular flexibility index (Phi) is 1.90. The zero-order valence-electron chi connectivity index (χ0n) is 10.7. The monoisotopic (exact) mass is 286 g/mol. The van der Waals surface area contributed by atoms with Gasteiger partial charge in [-0.05, 0) is 0 Å². The van der Waals surface area contributed by atoms with Crippen LogP contribution in [-0.2, 0) is 9.05 Å². The third-order valence-corrected chi connectivity index (χ3v) is 8.19. The number of carbonyl (C=O) groups excluding carboxylic acids is 2. The first-order chi connectivity index (χ1) is 9.53. The standard InChI is InChI=1S/C15H11O4P/c1-20(12-8-4-2-6-10(12)14(16)18-20)13-9-5-3-7-11(13)15(17)19-20/h2-9H,1H3. The van der Waals surface area contributed by atoms with E-state index in [4.69, 9.17) is 9.05 Å². The second kappa shape index (κ2) is 3.28. The van der Waals surface area contributed by atoms with Crippen molar-refractivity contribution in [1.82, 2.24) is 0 Å². The molecule has 2 heterocycles. The van der Waals surface area contributed by atoms with Crippen LogP contribution in [-0.4, -0.2) is 18.6 Å². The average Bonchev–Trinajstić information content (AvgIpc) is 2.83. The summed E-state index contributed by atoms with van der Waals surface area (Å²) < 4.78 is 11.4. The van der Waals surface area contributed by atoms with E-state index in [1.807, 2.05) is 24.3 Å². The van der Waals surface area contributed by atoms with E-state index >= 15 is 0 Å². The van der Waals surface area contributed by atoms with Gasteiger partial charge in [-0.15, -0.1) is 0 Å². The zero-order valence-corrected chi connectivity index (χ0v) is 11.6. The third-order valence-electron chi connectivity index (χ3n) is 3.97. The molecule has 5 heteroatoms. The van der Waals surface area contributed by atoms with E-state index in [2.05, 4.69) is 0 Å². The van der Waals surface area contributed by atoms with Crippen molar-refractivity contribution in [3.05, 3.63) is 59.7 Å². The molecular weight excluding hydrogens is 275 g/mol. The van der Waals surface area contributed by atoms with Gasteiger partial charge >= 0.3 is 115 Å². The average molecular weight is 286 g/mol. The molecule has 0 saturated heterocycles. The molecule has 2 aliphatic heterocycles. The molecular formula is C15H11O4P. The van der Waals surface area contributed by atoms with E-state index in [-0.39, 0.29) is 0 Å². The maximum atomic E-state index is 12.2. The van der Waals surface area contributed by atoms with Crippen LogP contribution < -0.4 is 10.6 Å². The van der Waals surface area contributed by atoms with Crippen molar-refractivity contribution < 1.29 is 18.6 Å². The van der Waals surface area contributed by atoms with E-state index in [1.165, 1.54) is 0 Å². The molecule has 0 bridgehead atoms. The van der Waals surface area contributed by atoms with Gasteiger partial charge in [-0.1, -0.05) is 0 Å². The van der Waals surface area contributed by atoms with Crippen molar-refractivity contribution in [2.75, 3.05) is 6.66 Å². The van der Waals surface area contributed by atoms with Crippen LogP contribution in [0, 0.1) is 0 Å².